The van der Waals surface area contributed by atoms with E-state index >= 15 is 0 Å². The number of aromatic nitrogens is 1. The lowest BCUT2D eigenvalue weighted by atomic mass is 9.95. The summed E-state index contributed by atoms with van der Waals surface area (Å²) < 4.78 is 41.9. The van der Waals surface area contributed by atoms with Crippen LogP contribution >= 0.6 is 0 Å². The third kappa shape index (κ3) is 3.08. The normalized spacial score (nSPS) is 10.8. The Hall–Kier alpha value is -3.42. The zero-order valence-corrected chi connectivity index (χ0v) is 13.6. The van der Waals surface area contributed by atoms with Gasteiger partial charge in [0.1, 0.15) is 17.5 Å². The van der Waals surface area contributed by atoms with Crippen LogP contribution in [0.25, 0.3) is 22.0 Å². The number of halogens is 3. The molecule has 2 aromatic carbocycles. The molecule has 5 nitrogen and oxygen atoms in total. The van der Waals surface area contributed by atoms with E-state index in [2.05, 4.69) is 9.98 Å². The molecule has 0 fully saturated rings. The Morgan fingerprint density at radius 1 is 1.04 bits per heavy atom. The highest BCUT2D eigenvalue weighted by atomic mass is 19.1. The summed E-state index contributed by atoms with van der Waals surface area (Å²) in [5, 5.41) is 0.311. The number of fused-ring (bicyclic) bond motifs is 1. The van der Waals surface area contributed by atoms with Gasteiger partial charge in [0.2, 0.25) is 0 Å². The van der Waals surface area contributed by atoms with Crippen molar-refractivity contribution >= 4 is 22.8 Å². The number of benzene rings is 2. The van der Waals surface area contributed by atoms with Crippen molar-refractivity contribution in [2.75, 3.05) is 0 Å². The van der Waals surface area contributed by atoms with Crippen molar-refractivity contribution in [2.24, 2.45) is 16.5 Å². The Morgan fingerprint density at radius 2 is 1.69 bits per heavy atom. The lowest BCUT2D eigenvalue weighted by Crippen LogP contribution is -2.24. The van der Waals surface area contributed by atoms with Gasteiger partial charge in [-0.2, -0.15) is 4.99 Å². The molecule has 0 unspecified atom stereocenters. The first-order chi connectivity index (χ1) is 12.3. The Kier molecular flexibility index (Phi) is 4.33. The SMILES string of the molecule is Cc1cnc2ccc(C(=O)N=C(N)N)cc2c1-c1c(F)cc(F)cc1F. The second kappa shape index (κ2) is 6.47. The third-order valence-corrected chi connectivity index (χ3v) is 3.79. The van der Waals surface area contributed by atoms with Crippen molar-refractivity contribution in [1.82, 2.24) is 4.98 Å². The molecule has 1 heterocycles. The molecule has 26 heavy (non-hydrogen) atoms. The van der Waals surface area contributed by atoms with Gasteiger partial charge in [0.25, 0.3) is 5.91 Å². The summed E-state index contributed by atoms with van der Waals surface area (Å²) in [6.07, 6.45) is 1.44. The van der Waals surface area contributed by atoms with E-state index in [0.717, 1.165) is 0 Å². The van der Waals surface area contributed by atoms with Gasteiger partial charge in [0.05, 0.1) is 11.1 Å². The smallest absolute Gasteiger partial charge is 0.280 e. The summed E-state index contributed by atoms with van der Waals surface area (Å²) in [6.45, 7) is 1.61. The highest BCUT2D eigenvalue weighted by molar-refractivity contribution is 6.06. The zero-order chi connectivity index (χ0) is 19.0. The Morgan fingerprint density at radius 3 is 2.31 bits per heavy atom. The van der Waals surface area contributed by atoms with E-state index in [0.29, 0.717) is 28.6 Å². The van der Waals surface area contributed by atoms with Gasteiger partial charge < -0.3 is 11.5 Å². The number of rotatable bonds is 2. The molecule has 1 amide bonds. The fourth-order valence-electron chi connectivity index (χ4n) is 2.72. The van der Waals surface area contributed by atoms with E-state index in [-0.39, 0.29) is 11.1 Å². The maximum Gasteiger partial charge on any atom is 0.280 e. The van der Waals surface area contributed by atoms with E-state index in [9.17, 15) is 18.0 Å². The lowest BCUT2D eigenvalue weighted by molar-refractivity contribution is 0.100. The van der Waals surface area contributed by atoms with Gasteiger partial charge in [-0.25, -0.2) is 13.2 Å². The number of aliphatic imine (C=N–C) groups is 1. The maximum atomic E-state index is 14.3. The number of pyridine rings is 1. The van der Waals surface area contributed by atoms with Crippen LogP contribution in [0.1, 0.15) is 15.9 Å². The molecule has 0 saturated heterocycles. The minimum Gasteiger partial charge on any atom is -0.370 e. The molecule has 0 spiro atoms. The van der Waals surface area contributed by atoms with Crippen LogP contribution in [0.5, 0.6) is 0 Å². The van der Waals surface area contributed by atoms with Crippen LogP contribution in [0.4, 0.5) is 13.2 Å². The molecule has 0 aliphatic rings. The summed E-state index contributed by atoms with van der Waals surface area (Å²) in [5.74, 6) is -4.26. The van der Waals surface area contributed by atoms with E-state index in [4.69, 9.17) is 11.5 Å². The van der Waals surface area contributed by atoms with Crippen molar-refractivity contribution in [3.63, 3.8) is 0 Å². The van der Waals surface area contributed by atoms with Crippen molar-refractivity contribution in [3.8, 4) is 11.1 Å². The number of aryl methyl sites for hydroxylation is 1. The number of hydrogen-bond donors (Lipinski definition) is 2. The summed E-state index contributed by atoms with van der Waals surface area (Å²) in [7, 11) is 0. The maximum absolute atomic E-state index is 14.3. The highest BCUT2D eigenvalue weighted by Crippen LogP contribution is 2.35. The van der Waals surface area contributed by atoms with Gasteiger partial charge >= 0.3 is 0 Å². The number of carbonyl (C=O) groups is 1. The van der Waals surface area contributed by atoms with Crippen molar-refractivity contribution in [1.29, 1.82) is 0 Å². The molecule has 0 atom stereocenters. The molecule has 0 aliphatic carbocycles. The van der Waals surface area contributed by atoms with Gasteiger partial charge in [0, 0.05) is 34.8 Å². The minimum absolute atomic E-state index is 0.113. The summed E-state index contributed by atoms with van der Waals surface area (Å²) in [5.41, 5.74) is 11.1. The zero-order valence-electron chi connectivity index (χ0n) is 13.6. The van der Waals surface area contributed by atoms with Crippen LogP contribution < -0.4 is 11.5 Å². The number of hydrogen-bond acceptors (Lipinski definition) is 2. The van der Waals surface area contributed by atoms with Gasteiger partial charge in [0.15, 0.2) is 5.96 Å². The number of amides is 1. The van der Waals surface area contributed by atoms with Gasteiger partial charge in [-0.3, -0.25) is 9.78 Å². The number of guanidine groups is 1. The van der Waals surface area contributed by atoms with Crippen molar-refractivity contribution in [3.05, 3.63) is 65.1 Å². The summed E-state index contributed by atoms with van der Waals surface area (Å²) in [6, 6.07) is 5.53. The Bertz CT molecular complexity index is 1050. The van der Waals surface area contributed by atoms with E-state index in [1.807, 2.05) is 0 Å². The largest absolute Gasteiger partial charge is 0.370 e. The monoisotopic (exact) mass is 358 g/mol. The molecule has 0 saturated carbocycles. The second-order valence-electron chi connectivity index (χ2n) is 5.63. The molecular weight excluding hydrogens is 345 g/mol. The van der Waals surface area contributed by atoms with Crippen molar-refractivity contribution < 1.29 is 18.0 Å². The summed E-state index contributed by atoms with van der Waals surface area (Å²) >= 11 is 0. The standard InChI is InChI=1S/C18H13F3N4O/c1-8-7-24-14-3-2-9(17(26)25-18(22)23)4-11(14)15(8)16-12(20)5-10(19)6-13(16)21/h2-7H,1H3,(H4,22,23,25,26). The first-order valence-corrected chi connectivity index (χ1v) is 7.46. The predicted molar refractivity (Wildman–Crippen MR) is 91.9 cm³/mol. The van der Waals surface area contributed by atoms with Crippen LogP contribution in [0, 0.1) is 24.4 Å². The quantitative estimate of drug-likeness (QED) is 0.544. The average molecular weight is 358 g/mol. The molecule has 132 valence electrons. The van der Waals surface area contributed by atoms with Crippen LogP contribution in [-0.4, -0.2) is 16.9 Å². The van der Waals surface area contributed by atoms with Crippen molar-refractivity contribution in [2.45, 2.75) is 6.92 Å². The summed E-state index contributed by atoms with van der Waals surface area (Å²) in [4.78, 5) is 19.7. The number of nitrogens with zero attached hydrogens (tertiary/aromatic N) is 2. The fraction of sp³-hybridized carbons (Fsp3) is 0.0556. The first kappa shape index (κ1) is 17.4. The fourth-order valence-corrected chi connectivity index (χ4v) is 2.72. The molecule has 3 aromatic rings. The third-order valence-electron chi connectivity index (χ3n) is 3.79. The number of carbonyl (C=O) groups excluding carboxylic acids is 1. The molecule has 0 radical (unpaired) electrons. The second-order valence-corrected chi connectivity index (χ2v) is 5.63. The van der Waals surface area contributed by atoms with E-state index in [1.54, 1.807) is 6.92 Å². The van der Waals surface area contributed by atoms with E-state index < -0.39 is 34.9 Å². The van der Waals surface area contributed by atoms with Crippen LogP contribution in [0.3, 0.4) is 0 Å². The predicted octanol–water partition coefficient (Wildman–Crippen LogP) is 3.04. The lowest BCUT2D eigenvalue weighted by Gasteiger charge is -2.13. The molecular formula is C18H13F3N4O. The van der Waals surface area contributed by atoms with Gasteiger partial charge in [-0.05, 0) is 30.7 Å². The topological polar surface area (TPSA) is 94.4 Å². The number of nitrogens with two attached hydrogens (primary N) is 2. The molecule has 8 heteroatoms. The molecule has 4 N–H and O–H groups in total. The van der Waals surface area contributed by atoms with Crippen LogP contribution in [0.15, 0.2) is 41.5 Å². The highest BCUT2D eigenvalue weighted by Gasteiger charge is 2.19. The molecule has 1 aromatic heterocycles. The van der Waals surface area contributed by atoms with Crippen LogP contribution in [-0.2, 0) is 0 Å². The Balaban J connectivity index is 2.34. The molecule has 0 aliphatic heterocycles. The molecule has 0 bridgehead atoms. The first-order valence-electron chi connectivity index (χ1n) is 7.46. The van der Waals surface area contributed by atoms with Gasteiger partial charge in [-0.1, -0.05) is 0 Å². The van der Waals surface area contributed by atoms with Crippen LogP contribution in [0.2, 0.25) is 0 Å². The average Bonchev–Trinajstić information content (AvgIpc) is 2.54. The van der Waals surface area contributed by atoms with E-state index in [1.165, 1.54) is 24.4 Å². The van der Waals surface area contributed by atoms with Gasteiger partial charge in [-0.15, -0.1) is 0 Å². The minimum atomic E-state index is -1.06. The molecule has 3 rings (SSSR count). The Labute approximate surface area is 146 Å².